The van der Waals surface area contributed by atoms with Crippen LogP contribution < -0.4 is 5.73 Å². The van der Waals surface area contributed by atoms with Crippen molar-refractivity contribution in [1.82, 2.24) is 0 Å². The average Bonchev–Trinajstić information content (AvgIpc) is 1.66. The summed E-state index contributed by atoms with van der Waals surface area (Å²) in [6.07, 6.45) is 0.969. The van der Waals surface area contributed by atoms with Crippen molar-refractivity contribution in [3.8, 4) is 11.8 Å². The molecule has 0 radical (unpaired) electrons. The van der Waals surface area contributed by atoms with Crippen molar-refractivity contribution in [2.24, 2.45) is 11.7 Å². The first kappa shape index (κ1) is 7.52. The van der Waals surface area contributed by atoms with Gasteiger partial charge in [-0.15, -0.1) is 5.92 Å². The fourth-order valence-corrected chi connectivity index (χ4v) is 0.348. The minimum absolute atomic E-state index is 0.493. The highest BCUT2D eigenvalue weighted by Crippen LogP contribution is 1.94. The number of hydrogen-bond donors (Lipinski definition) is 1. The molecule has 0 aliphatic rings. The van der Waals surface area contributed by atoms with Crippen LogP contribution in [0.1, 0.15) is 20.3 Å². The monoisotopic (exact) mass is 111 g/mol. The Hall–Kier alpha value is -0.480. The van der Waals surface area contributed by atoms with Gasteiger partial charge in [0.1, 0.15) is 0 Å². The molecule has 0 atom stereocenters. The van der Waals surface area contributed by atoms with Gasteiger partial charge in [0.05, 0.1) is 6.54 Å². The van der Waals surface area contributed by atoms with E-state index < -0.39 is 0 Å². The molecule has 46 valence electrons. The van der Waals surface area contributed by atoms with E-state index in [9.17, 15) is 0 Å². The first-order chi connectivity index (χ1) is 3.77. The molecular weight excluding hydrogens is 98.1 g/mol. The lowest BCUT2D eigenvalue weighted by Gasteiger charge is -1.91. The maximum absolute atomic E-state index is 5.14. The fourth-order valence-electron chi connectivity index (χ4n) is 0.348. The molecule has 0 aliphatic heterocycles. The van der Waals surface area contributed by atoms with Crippen LogP contribution in [0, 0.1) is 17.8 Å². The summed E-state index contributed by atoms with van der Waals surface area (Å²) in [5.41, 5.74) is 5.14. The summed E-state index contributed by atoms with van der Waals surface area (Å²) in [5.74, 6) is 6.44. The van der Waals surface area contributed by atoms with Gasteiger partial charge in [-0.2, -0.15) is 0 Å². The van der Waals surface area contributed by atoms with E-state index in [1.165, 1.54) is 0 Å². The molecule has 0 spiro atoms. The molecule has 0 aromatic rings. The molecule has 0 heterocycles. The molecule has 0 aliphatic carbocycles. The average molecular weight is 111 g/mol. The van der Waals surface area contributed by atoms with Gasteiger partial charge in [0.2, 0.25) is 0 Å². The van der Waals surface area contributed by atoms with Crippen molar-refractivity contribution in [2.45, 2.75) is 20.3 Å². The second-order valence-corrected chi connectivity index (χ2v) is 2.16. The number of rotatable bonds is 1. The number of hydrogen-bond acceptors (Lipinski definition) is 1. The molecule has 0 aromatic heterocycles. The first-order valence-corrected chi connectivity index (χ1v) is 2.93. The maximum atomic E-state index is 5.14. The largest absolute Gasteiger partial charge is 0.320 e. The van der Waals surface area contributed by atoms with Crippen LogP contribution in [0.2, 0.25) is 0 Å². The molecule has 0 unspecified atom stereocenters. The lowest BCUT2D eigenvalue weighted by atomic mass is 10.1. The molecule has 0 aromatic carbocycles. The van der Waals surface area contributed by atoms with Gasteiger partial charge in [-0.05, 0) is 5.92 Å². The van der Waals surface area contributed by atoms with Gasteiger partial charge in [-0.1, -0.05) is 19.8 Å². The minimum atomic E-state index is 0.493. The van der Waals surface area contributed by atoms with Gasteiger partial charge in [-0.25, -0.2) is 0 Å². The van der Waals surface area contributed by atoms with Gasteiger partial charge in [0.15, 0.2) is 0 Å². The van der Waals surface area contributed by atoms with Gasteiger partial charge >= 0.3 is 0 Å². The van der Waals surface area contributed by atoms with E-state index in [0.29, 0.717) is 12.5 Å². The van der Waals surface area contributed by atoms with Crippen molar-refractivity contribution < 1.29 is 0 Å². The Morgan fingerprint density at radius 1 is 1.38 bits per heavy atom. The summed E-state index contributed by atoms with van der Waals surface area (Å²) in [6.45, 7) is 4.78. The Balaban J connectivity index is 3.15. The fraction of sp³-hybridized carbons (Fsp3) is 0.714. The molecule has 2 N–H and O–H groups in total. The van der Waals surface area contributed by atoms with Crippen LogP contribution in [0.3, 0.4) is 0 Å². The Bertz CT molecular complexity index is 94.7. The summed E-state index contributed by atoms with van der Waals surface area (Å²) in [7, 11) is 0. The molecule has 1 nitrogen and oxygen atoms in total. The third kappa shape index (κ3) is 5.52. The predicted molar refractivity (Wildman–Crippen MR) is 36.3 cm³/mol. The zero-order valence-electron chi connectivity index (χ0n) is 5.57. The van der Waals surface area contributed by atoms with Crippen LogP contribution in [0.15, 0.2) is 0 Å². The highest BCUT2D eigenvalue weighted by atomic mass is 14.5. The Morgan fingerprint density at radius 3 is 2.38 bits per heavy atom. The molecule has 8 heavy (non-hydrogen) atoms. The van der Waals surface area contributed by atoms with E-state index in [-0.39, 0.29) is 0 Å². The molecule has 0 rings (SSSR count). The highest BCUT2D eigenvalue weighted by Gasteiger charge is 1.84. The van der Waals surface area contributed by atoms with Crippen LogP contribution in [-0.4, -0.2) is 6.54 Å². The summed E-state index contributed by atoms with van der Waals surface area (Å²) >= 11 is 0. The quantitative estimate of drug-likeness (QED) is 0.502. The zero-order valence-corrected chi connectivity index (χ0v) is 5.57. The number of nitrogens with two attached hydrogens (primary N) is 1. The van der Waals surface area contributed by atoms with E-state index in [1.54, 1.807) is 0 Å². The molecule has 0 amide bonds. The van der Waals surface area contributed by atoms with Crippen LogP contribution in [0.25, 0.3) is 0 Å². The van der Waals surface area contributed by atoms with Gasteiger partial charge < -0.3 is 5.73 Å². The predicted octanol–water partition coefficient (Wildman–Crippen LogP) is 0.995. The first-order valence-electron chi connectivity index (χ1n) is 2.93. The third-order valence-electron chi connectivity index (χ3n) is 0.737. The van der Waals surface area contributed by atoms with E-state index in [4.69, 9.17) is 5.73 Å². The summed E-state index contributed by atoms with van der Waals surface area (Å²) in [5, 5.41) is 0. The summed E-state index contributed by atoms with van der Waals surface area (Å²) < 4.78 is 0. The van der Waals surface area contributed by atoms with Crippen molar-refractivity contribution in [1.29, 1.82) is 0 Å². The van der Waals surface area contributed by atoms with E-state index in [0.717, 1.165) is 6.42 Å². The maximum Gasteiger partial charge on any atom is 0.0551 e. The van der Waals surface area contributed by atoms with E-state index in [2.05, 4.69) is 25.7 Å². The van der Waals surface area contributed by atoms with Crippen molar-refractivity contribution in [3.05, 3.63) is 0 Å². The molecule has 0 saturated carbocycles. The molecule has 1 heteroatoms. The van der Waals surface area contributed by atoms with Crippen LogP contribution in [0.5, 0.6) is 0 Å². The smallest absolute Gasteiger partial charge is 0.0551 e. The standard InChI is InChI=1S/C7H13N/c1-7(2)5-3-4-6-8/h7H,5-6,8H2,1-2H3. The molecule has 0 fully saturated rings. The highest BCUT2D eigenvalue weighted by molar-refractivity contribution is 5.00. The Morgan fingerprint density at radius 2 is 2.00 bits per heavy atom. The molecular formula is C7H13N. The zero-order chi connectivity index (χ0) is 6.41. The molecule has 0 bridgehead atoms. The Kier molecular flexibility index (Phi) is 4.39. The summed E-state index contributed by atoms with van der Waals surface area (Å²) in [4.78, 5) is 0. The van der Waals surface area contributed by atoms with Crippen molar-refractivity contribution in [2.75, 3.05) is 6.54 Å². The van der Waals surface area contributed by atoms with Crippen LogP contribution in [-0.2, 0) is 0 Å². The third-order valence-corrected chi connectivity index (χ3v) is 0.737. The second-order valence-electron chi connectivity index (χ2n) is 2.16. The molecule has 0 saturated heterocycles. The van der Waals surface area contributed by atoms with E-state index >= 15 is 0 Å². The van der Waals surface area contributed by atoms with Crippen LogP contribution in [0.4, 0.5) is 0 Å². The Labute approximate surface area is 51.3 Å². The minimum Gasteiger partial charge on any atom is -0.320 e. The second kappa shape index (κ2) is 4.67. The lowest BCUT2D eigenvalue weighted by molar-refractivity contribution is 0.675. The van der Waals surface area contributed by atoms with Crippen molar-refractivity contribution >= 4 is 0 Å². The normalized spacial score (nSPS) is 8.50. The summed E-state index contributed by atoms with van der Waals surface area (Å²) in [6, 6.07) is 0. The SMILES string of the molecule is CC(C)CC#CCN. The van der Waals surface area contributed by atoms with Crippen LogP contribution >= 0.6 is 0 Å². The van der Waals surface area contributed by atoms with Gasteiger partial charge in [0, 0.05) is 6.42 Å². The van der Waals surface area contributed by atoms with Gasteiger partial charge in [-0.3, -0.25) is 0 Å². The topological polar surface area (TPSA) is 26.0 Å². The van der Waals surface area contributed by atoms with Gasteiger partial charge in [0.25, 0.3) is 0 Å². The lowest BCUT2D eigenvalue weighted by Crippen LogP contribution is -1.93. The van der Waals surface area contributed by atoms with Crippen molar-refractivity contribution in [3.63, 3.8) is 0 Å². The van der Waals surface area contributed by atoms with E-state index in [1.807, 2.05) is 0 Å².